The quantitative estimate of drug-likeness (QED) is 0.502. The number of para-hydroxylation sites is 1. The summed E-state index contributed by atoms with van der Waals surface area (Å²) in [5, 5.41) is 13.0. The molecular weight excluding hydrogens is 358 g/mol. The van der Waals surface area contributed by atoms with Crippen LogP contribution >= 0.6 is 0 Å². The van der Waals surface area contributed by atoms with Gasteiger partial charge in [0.25, 0.3) is 10.9 Å². The molecule has 0 saturated heterocycles. The van der Waals surface area contributed by atoms with Crippen LogP contribution in [0.4, 0.5) is 11.4 Å². The maximum absolute atomic E-state index is 12.7. The van der Waals surface area contributed by atoms with Gasteiger partial charge in [-0.1, -0.05) is 24.3 Å². The average molecular weight is 373 g/mol. The van der Waals surface area contributed by atoms with Crippen LogP contribution in [-0.2, 0) is 9.84 Å². The van der Waals surface area contributed by atoms with Gasteiger partial charge in [0.1, 0.15) is 10.6 Å². The molecule has 0 aliphatic carbocycles. The lowest BCUT2D eigenvalue weighted by Crippen LogP contribution is -2.35. The van der Waals surface area contributed by atoms with Crippen LogP contribution in [0.2, 0.25) is 0 Å². The van der Waals surface area contributed by atoms with E-state index in [2.05, 4.69) is 5.32 Å². The molecule has 0 spiro atoms. The van der Waals surface area contributed by atoms with E-state index in [-0.39, 0.29) is 33.5 Å². The topological polar surface area (TPSA) is 110 Å². The number of aromatic hydroxyl groups is 1. The van der Waals surface area contributed by atoms with Gasteiger partial charge in [-0.3, -0.25) is 9.59 Å². The minimum absolute atomic E-state index is 0.0185. The summed E-state index contributed by atoms with van der Waals surface area (Å²) in [7, 11) is -3.95. The Bertz CT molecular complexity index is 1130. The molecule has 3 aromatic carbocycles. The van der Waals surface area contributed by atoms with Crippen LogP contribution in [0.3, 0.4) is 0 Å². The van der Waals surface area contributed by atoms with Crippen molar-refractivity contribution in [1.82, 2.24) is 0 Å². The molecule has 0 aromatic heterocycles. The van der Waals surface area contributed by atoms with Gasteiger partial charge < -0.3 is 15.2 Å². The number of nitrogens with one attached hydrogen (secondary N) is 1. The van der Waals surface area contributed by atoms with E-state index in [9.17, 15) is 23.1 Å². The van der Waals surface area contributed by atoms with Crippen molar-refractivity contribution >= 4 is 21.2 Å². The molecule has 8 heteroatoms. The first-order valence-electron chi connectivity index (χ1n) is 7.73. The largest absolute Gasteiger partial charge is 0.504 e. The number of phenols is 1. The summed E-state index contributed by atoms with van der Waals surface area (Å²) in [6.07, 6.45) is 0. The summed E-state index contributed by atoms with van der Waals surface area (Å²) in [6, 6.07) is 11.7. The van der Waals surface area contributed by atoms with Crippen LogP contribution in [-0.4, -0.2) is 20.1 Å². The molecule has 2 N–H and O–H groups in total. The van der Waals surface area contributed by atoms with Gasteiger partial charge in [0.15, 0.2) is 11.5 Å². The zero-order valence-corrected chi connectivity index (χ0v) is 14.5. The SMILES string of the molecule is CCOc1c(Nc2cccc(S(=O)(=O)c3ccccc3)c2O)c(=O)c1=O. The second-order valence-corrected chi connectivity index (χ2v) is 7.31. The van der Waals surface area contributed by atoms with Crippen molar-refractivity contribution in [3.63, 3.8) is 0 Å². The lowest BCUT2D eigenvalue weighted by Gasteiger charge is -2.15. The molecule has 3 aromatic rings. The third-order valence-electron chi connectivity index (χ3n) is 3.76. The molecule has 0 saturated carbocycles. The van der Waals surface area contributed by atoms with Crippen LogP contribution in [0.25, 0.3) is 0 Å². The molecule has 0 aliphatic rings. The number of phenolic OH excluding ortho intramolecular Hbond substituents is 1. The molecule has 0 amide bonds. The number of benzene rings is 2. The van der Waals surface area contributed by atoms with Gasteiger partial charge in [0, 0.05) is 0 Å². The number of sulfone groups is 1. The van der Waals surface area contributed by atoms with Gasteiger partial charge in [-0.05, 0) is 31.2 Å². The van der Waals surface area contributed by atoms with E-state index in [4.69, 9.17) is 4.74 Å². The fraction of sp³-hybridized carbons (Fsp3) is 0.111. The Hall–Kier alpha value is -3.13. The molecule has 26 heavy (non-hydrogen) atoms. The highest BCUT2D eigenvalue weighted by molar-refractivity contribution is 7.91. The molecule has 134 valence electrons. The summed E-state index contributed by atoms with van der Waals surface area (Å²) in [6.45, 7) is 1.85. The summed E-state index contributed by atoms with van der Waals surface area (Å²) in [5.74, 6) is -0.680. The Labute approximate surface area is 149 Å². The highest BCUT2D eigenvalue weighted by Crippen LogP contribution is 2.36. The minimum Gasteiger partial charge on any atom is -0.504 e. The predicted octanol–water partition coefficient (Wildman–Crippen LogP) is 1.96. The van der Waals surface area contributed by atoms with E-state index in [0.717, 1.165) is 0 Å². The zero-order chi connectivity index (χ0) is 18.9. The van der Waals surface area contributed by atoms with Crippen molar-refractivity contribution in [1.29, 1.82) is 0 Å². The van der Waals surface area contributed by atoms with Crippen LogP contribution in [0.1, 0.15) is 6.92 Å². The normalized spacial score (nSPS) is 11.4. The van der Waals surface area contributed by atoms with E-state index in [0.29, 0.717) is 0 Å². The standard InChI is InChI=1S/C18H15NO6S/c1-2-25-18-14(16(21)17(18)22)19-12-9-6-10-13(15(12)20)26(23,24)11-7-4-3-5-8-11/h3-10,19-20H,2H2,1H3. The summed E-state index contributed by atoms with van der Waals surface area (Å²) >= 11 is 0. The molecule has 0 heterocycles. The second kappa shape index (κ2) is 6.64. The molecule has 3 rings (SSSR count). The lowest BCUT2D eigenvalue weighted by atomic mass is 10.2. The van der Waals surface area contributed by atoms with Crippen molar-refractivity contribution in [2.45, 2.75) is 16.7 Å². The summed E-state index contributed by atoms with van der Waals surface area (Å²) < 4.78 is 30.5. The van der Waals surface area contributed by atoms with Crippen LogP contribution < -0.4 is 20.9 Å². The molecule has 0 bridgehead atoms. The molecular formula is C18H15NO6S. The van der Waals surface area contributed by atoms with E-state index < -0.39 is 26.4 Å². The van der Waals surface area contributed by atoms with Crippen molar-refractivity contribution < 1.29 is 18.3 Å². The first kappa shape index (κ1) is 17.7. The third-order valence-corrected chi connectivity index (χ3v) is 5.56. The molecule has 0 atom stereocenters. The number of hydrogen-bond donors (Lipinski definition) is 2. The van der Waals surface area contributed by atoms with Gasteiger partial charge in [0.2, 0.25) is 9.84 Å². The van der Waals surface area contributed by atoms with Crippen molar-refractivity contribution in [2.75, 3.05) is 11.9 Å². The lowest BCUT2D eigenvalue weighted by molar-refractivity contribution is 0.335. The Balaban J connectivity index is 2.03. The number of rotatable bonds is 6. The second-order valence-electron chi connectivity index (χ2n) is 5.39. The summed E-state index contributed by atoms with van der Waals surface area (Å²) in [4.78, 5) is 22.9. The van der Waals surface area contributed by atoms with Crippen molar-refractivity contribution in [2.24, 2.45) is 0 Å². The van der Waals surface area contributed by atoms with Gasteiger partial charge in [-0.2, -0.15) is 0 Å². The third kappa shape index (κ3) is 2.84. The Kier molecular flexibility index (Phi) is 4.52. The number of ether oxygens (including phenoxy) is 1. The van der Waals surface area contributed by atoms with E-state index in [1.165, 1.54) is 30.3 Å². The molecule has 0 fully saturated rings. The fourth-order valence-electron chi connectivity index (χ4n) is 2.47. The molecule has 0 unspecified atom stereocenters. The van der Waals surface area contributed by atoms with Gasteiger partial charge >= 0.3 is 0 Å². The Morgan fingerprint density at radius 2 is 1.69 bits per heavy atom. The number of anilines is 2. The van der Waals surface area contributed by atoms with Crippen molar-refractivity contribution in [3.8, 4) is 11.5 Å². The average Bonchev–Trinajstić information content (AvgIpc) is 2.66. The Morgan fingerprint density at radius 1 is 1.00 bits per heavy atom. The summed E-state index contributed by atoms with van der Waals surface area (Å²) in [5.41, 5.74) is -1.68. The Morgan fingerprint density at radius 3 is 2.35 bits per heavy atom. The van der Waals surface area contributed by atoms with Crippen molar-refractivity contribution in [3.05, 3.63) is 69.0 Å². The molecule has 0 radical (unpaired) electrons. The van der Waals surface area contributed by atoms with Crippen LogP contribution in [0.15, 0.2) is 67.9 Å². The smallest absolute Gasteiger partial charge is 0.272 e. The number of hydrogen-bond acceptors (Lipinski definition) is 7. The van der Waals surface area contributed by atoms with E-state index >= 15 is 0 Å². The molecule has 0 aliphatic heterocycles. The highest BCUT2D eigenvalue weighted by atomic mass is 32.2. The maximum Gasteiger partial charge on any atom is 0.272 e. The van der Waals surface area contributed by atoms with Gasteiger partial charge in [0.05, 0.1) is 17.2 Å². The first-order valence-corrected chi connectivity index (χ1v) is 9.21. The van der Waals surface area contributed by atoms with Gasteiger partial charge in [-0.25, -0.2) is 8.42 Å². The monoisotopic (exact) mass is 373 g/mol. The van der Waals surface area contributed by atoms with Crippen LogP contribution in [0, 0.1) is 0 Å². The van der Waals surface area contributed by atoms with E-state index in [1.54, 1.807) is 25.1 Å². The van der Waals surface area contributed by atoms with E-state index in [1.807, 2.05) is 0 Å². The first-order chi connectivity index (χ1) is 12.4. The van der Waals surface area contributed by atoms with Crippen LogP contribution in [0.5, 0.6) is 11.5 Å². The molecule has 7 nitrogen and oxygen atoms in total. The predicted molar refractivity (Wildman–Crippen MR) is 95.8 cm³/mol. The highest BCUT2D eigenvalue weighted by Gasteiger charge is 2.26. The maximum atomic E-state index is 12.7. The fourth-order valence-corrected chi connectivity index (χ4v) is 3.86. The zero-order valence-electron chi connectivity index (χ0n) is 13.7. The van der Waals surface area contributed by atoms with Gasteiger partial charge in [-0.15, -0.1) is 0 Å². The minimum atomic E-state index is -3.95.